The normalized spacial score (nSPS) is 16.6. The first-order chi connectivity index (χ1) is 10.4. The highest BCUT2D eigenvalue weighted by atomic mass is 19.3. The van der Waals surface area contributed by atoms with E-state index in [1.165, 1.54) is 5.56 Å². The van der Waals surface area contributed by atoms with E-state index in [2.05, 4.69) is 6.07 Å². The minimum Gasteiger partial charge on any atom is -0.497 e. The van der Waals surface area contributed by atoms with E-state index in [-0.39, 0.29) is 18.7 Å². The molecule has 0 spiro atoms. The van der Waals surface area contributed by atoms with Crippen LogP contribution < -0.4 is 4.74 Å². The van der Waals surface area contributed by atoms with Gasteiger partial charge in [0.05, 0.1) is 7.11 Å². The van der Waals surface area contributed by atoms with Crippen LogP contribution in [-0.2, 0) is 4.79 Å². The van der Waals surface area contributed by atoms with Gasteiger partial charge in [0.2, 0.25) is 11.8 Å². The highest BCUT2D eigenvalue weighted by molar-refractivity contribution is 5.76. The van der Waals surface area contributed by atoms with Crippen molar-refractivity contribution in [3.63, 3.8) is 0 Å². The Morgan fingerprint density at radius 2 is 2.05 bits per heavy atom. The van der Waals surface area contributed by atoms with Crippen molar-refractivity contribution in [1.29, 1.82) is 0 Å². The molecule has 0 N–H and O–H groups in total. The maximum absolute atomic E-state index is 12.8. The zero-order valence-electron chi connectivity index (χ0n) is 13.1. The molecule has 0 unspecified atom stereocenters. The van der Waals surface area contributed by atoms with Crippen molar-refractivity contribution in [2.24, 2.45) is 0 Å². The third-order valence-electron chi connectivity index (χ3n) is 4.19. The number of hydrogen-bond acceptors (Lipinski definition) is 2. The fraction of sp³-hybridized carbons (Fsp3) is 0.588. The lowest BCUT2D eigenvalue weighted by molar-refractivity contribution is -0.134. The minimum absolute atomic E-state index is 0.0761. The van der Waals surface area contributed by atoms with Gasteiger partial charge in [-0.05, 0) is 43.4 Å². The van der Waals surface area contributed by atoms with Crippen LogP contribution in [0.2, 0.25) is 0 Å². The van der Waals surface area contributed by atoms with Gasteiger partial charge < -0.3 is 9.64 Å². The van der Waals surface area contributed by atoms with Gasteiger partial charge in [0.15, 0.2) is 0 Å². The number of alkyl halides is 2. The van der Waals surface area contributed by atoms with Gasteiger partial charge in [-0.3, -0.25) is 4.79 Å². The van der Waals surface area contributed by atoms with Crippen molar-refractivity contribution < 1.29 is 18.3 Å². The van der Waals surface area contributed by atoms with Crippen LogP contribution in [0.5, 0.6) is 5.75 Å². The molecule has 1 aromatic carbocycles. The van der Waals surface area contributed by atoms with Crippen molar-refractivity contribution in [3.8, 4) is 5.75 Å². The average Bonchev–Trinajstić information content (AvgIpc) is 2.52. The molecule has 1 amide bonds. The van der Waals surface area contributed by atoms with Crippen molar-refractivity contribution >= 4 is 5.91 Å². The first kappa shape index (κ1) is 16.7. The maximum atomic E-state index is 12.8. The maximum Gasteiger partial charge on any atom is 0.245 e. The third-order valence-corrected chi connectivity index (χ3v) is 4.19. The first-order valence-electron chi connectivity index (χ1n) is 7.68. The van der Waals surface area contributed by atoms with Crippen LogP contribution in [0.15, 0.2) is 24.3 Å². The molecule has 1 fully saturated rings. The quantitative estimate of drug-likeness (QED) is 0.827. The number of likely N-dealkylation sites (tertiary alicyclic amines) is 1. The van der Waals surface area contributed by atoms with Crippen LogP contribution in [0.1, 0.15) is 44.1 Å². The molecule has 22 heavy (non-hydrogen) atoms. The summed E-state index contributed by atoms with van der Waals surface area (Å²) in [6, 6.07) is 7.98. The van der Waals surface area contributed by atoms with Crippen LogP contribution in [0.3, 0.4) is 0 Å². The Morgan fingerprint density at radius 1 is 1.36 bits per heavy atom. The molecule has 1 heterocycles. The van der Waals surface area contributed by atoms with Crippen molar-refractivity contribution in [1.82, 2.24) is 4.90 Å². The highest BCUT2D eigenvalue weighted by Crippen LogP contribution is 2.30. The van der Waals surface area contributed by atoms with Crippen LogP contribution in [0, 0.1) is 0 Å². The second-order valence-electron chi connectivity index (χ2n) is 6.00. The molecule has 122 valence electrons. The summed E-state index contributed by atoms with van der Waals surface area (Å²) in [7, 11) is 1.64. The number of carbonyl (C=O) groups excluding carboxylic acids is 1. The van der Waals surface area contributed by atoms with Gasteiger partial charge in [-0.25, -0.2) is 8.78 Å². The number of amides is 1. The van der Waals surface area contributed by atoms with Gasteiger partial charge in [-0.15, -0.1) is 0 Å². The highest BCUT2D eigenvalue weighted by Gasteiger charge is 2.27. The topological polar surface area (TPSA) is 29.5 Å². The molecule has 0 saturated carbocycles. The summed E-state index contributed by atoms with van der Waals surface area (Å²) in [5.41, 5.74) is 1.21. The number of hydrogen-bond donors (Lipinski definition) is 0. The summed E-state index contributed by atoms with van der Waals surface area (Å²) in [6.07, 6.45) is 1.28. The zero-order chi connectivity index (χ0) is 16.2. The average molecular weight is 311 g/mol. The molecule has 5 heteroatoms. The van der Waals surface area contributed by atoms with E-state index < -0.39 is 5.92 Å². The Morgan fingerprint density at radius 3 is 2.64 bits per heavy atom. The smallest absolute Gasteiger partial charge is 0.245 e. The monoisotopic (exact) mass is 311 g/mol. The van der Waals surface area contributed by atoms with Gasteiger partial charge in [-0.1, -0.05) is 12.1 Å². The predicted molar refractivity (Wildman–Crippen MR) is 81.4 cm³/mol. The Bertz CT molecular complexity index is 506. The molecule has 0 aliphatic carbocycles. The largest absolute Gasteiger partial charge is 0.497 e. The Balaban J connectivity index is 1.86. The first-order valence-corrected chi connectivity index (χ1v) is 7.68. The summed E-state index contributed by atoms with van der Waals surface area (Å²) in [6.45, 7) is 2.13. The van der Waals surface area contributed by atoms with E-state index in [1.54, 1.807) is 12.0 Å². The van der Waals surface area contributed by atoms with E-state index >= 15 is 0 Å². The molecular weight excluding hydrogens is 288 g/mol. The third kappa shape index (κ3) is 4.68. The number of benzene rings is 1. The SMILES string of the molecule is COc1cccc(C2CCN(C(=O)CCC(C)(F)F)CC2)c1. The number of rotatable bonds is 5. The van der Waals surface area contributed by atoms with Crippen LogP contribution in [0.4, 0.5) is 8.78 Å². The van der Waals surface area contributed by atoms with Crippen LogP contribution in [0.25, 0.3) is 0 Å². The summed E-state index contributed by atoms with van der Waals surface area (Å²) >= 11 is 0. The minimum atomic E-state index is -2.77. The van der Waals surface area contributed by atoms with Crippen molar-refractivity contribution in [2.75, 3.05) is 20.2 Å². The van der Waals surface area contributed by atoms with Gasteiger partial charge in [0.25, 0.3) is 0 Å². The lowest BCUT2D eigenvalue weighted by atomic mass is 9.89. The van der Waals surface area contributed by atoms with Gasteiger partial charge in [0, 0.05) is 25.9 Å². The van der Waals surface area contributed by atoms with E-state index in [0.717, 1.165) is 25.5 Å². The molecule has 1 aliphatic rings. The van der Waals surface area contributed by atoms with E-state index in [1.807, 2.05) is 18.2 Å². The number of halogens is 2. The van der Waals surface area contributed by atoms with Crippen molar-refractivity contribution in [3.05, 3.63) is 29.8 Å². The second-order valence-corrected chi connectivity index (χ2v) is 6.00. The van der Waals surface area contributed by atoms with Crippen LogP contribution >= 0.6 is 0 Å². The Hall–Kier alpha value is -1.65. The van der Waals surface area contributed by atoms with E-state index in [0.29, 0.717) is 19.0 Å². The summed E-state index contributed by atoms with van der Waals surface area (Å²) in [5, 5.41) is 0. The summed E-state index contributed by atoms with van der Waals surface area (Å²) < 4.78 is 30.9. The van der Waals surface area contributed by atoms with E-state index in [4.69, 9.17) is 4.74 Å². The predicted octanol–water partition coefficient (Wildman–Crippen LogP) is 3.84. The summed E-state index contributed by atoms with van der Waals surface area (Å²) in [5.74, 6) is -1.70. The standard InChI is InChI=1S/C17H23F2NO2/c1-17(18,19)9-6-16(21)20-10-7-13(8-11-20)14-4-3-5-15(12-14)22-2/h3-5,12-13H,6-11H2,1-2H3. The number of methoxy groups -OCH3 is 1. The second kappa shape index (κ2) is 7.07. The molecule has 0 atom stereocenters. The number of ether oxygens (including phenoxy) is 1. The fourth-order valence-electron chi connectivity index (χ4n) is 2.84. The molecule has 0 aromatic heterocycles. The van der Waals surface area contributed by atoms with Gasteiger partial charge in [0.1, 0.15) is 5.75 Å². The fourth-order valence-corrected chi connectivity index (χ4v) is 2.84. The number of carbonyl (C=O) groups is 1. The number of piperidine rings is 1. The lowest BCUT2D eigenvalue weighted by Crippen LogP contribution is -2.38. The molecule has 0 radical (unpaired) electrons. The molecule has 1 saturated heterocycles. The zero-order valence-corrected chi connectivity index (χ0v) is 13.1. The lowest BCUT2D eigenvalue weighted by Gasteiger charge is -2.32. The molecule has 1 aliphatic heterocycles. The van der Waals surface area contributed by atoms with Gasteiger partial charge >= 0.3 is 0 Å². The molecule has 2 rings (SSSR count). The molecule has 0 bridgehead atoms. The molecule has 1 aromatic rings. The van der Waals surface area contributed by atoms with Crippen molar-refractivity contribution in [2.45, 2.75) is 44.4 Å². The molecular formula is C17H23F2NO2. The summed E-state index contributed by atoms with van der Waals surface area (Å²) in [4.78, 5) is 13.7. The Kier molecular flexibility index (Phi) is 5.37. The van der Waals surface area contributed by atoms with Crippen LogP contribution in [-0.4, -0.2) is 36.9 Å². The van der Waals surface area contributed by atoms with Gasteiger partial charge in [-0.2, -0.15) is 0 Å². The Labute approximate surface area is 130 Å². The molecule has 3 nitrogen and oxygen atoms in total. The van der Waals surface area contributed by atoms with E-state index in [9.17, 15) is 13.6 Å². The number of nitrogens with zero attached hydrogens (tertiary/aromatic N) is 1.